The van der Waals surface area contributed by atoms with Crippen molar-refractivity contribution in [2.75, 3.05) is 29.5 Å². The van der Waals surface area contributed by atoms with Gasteiger partial charge in [-0.3, -0.25) is 4.79 Å². The topological polar surface area (TPSA) is 108 Å². The van der Waals surface area contributed by atoms with Crippen molar-refractivity contribution in [2.45, 2.75) is 49.5 Å². The van der Waals surface area contributed by atoms with Crippen LogP contribution in [0.1, 0.15) is 43.7 Å². The molecule has 2 aromatic carbocycles. The molecular formula is C30H30F3N5O3S. The van der Waals surface area contributed by atoms with Crippen molar-refractivity contribution in [1.82, 2.24) is 15.1 Å². The van der Waals surface area contributed by atoms with Gasteiger partial charge in [0.05, 0.1) is 34.9 Å². The molecule has 3 aromatic rings. The third-order valence-electron chi connectivity index (χ3n) is 8.56. The number of aromatic nitrogens is 2. The van der Waals surface area contributed by atoms with E-state index >= 15 is 0 Å². The Labute approximate surface area is 242 Å². The van der Waals surface area contributed by atoms with Crippen molar-refractivity contribution >= 4 is 21.4 Å². The van der Waals surface area contributed by atoms with Gasteiger partial charge in [-0.2, -0.15) is 10.4 Å². The highest BCUT2D eigenvalue weighted by Gasteiger charge is 2.51. The van der Waals surface area contributed by atoms with Crippen molar-refractivity contribution in [3.05, 3.63) is 66.2 Å². The molecule has 2 saturated carbocycles. The number of nitriles is 1. The Morgan fingerprint density at radius 1 is 1.00 bits per heavy atom. The third kappa shape index (κ3) is 5.75. The zero-order chi connectivity index (χ0) is 29.7. The predicted molar refractivity (Wildman–Crippen MR) is 151 cm³/mol. The van der Waals surface area contributed by atoms with E-state index in [1.165, 1.54) is 12.1 Å². The second-order valence-corrected chi connectivity index (χ2v) is 13.8. The fourth-order valence-corrected chi connectivity index (χ4v) is 7.09. The summed E-state index contributed by atoms with van der Waals surface area (Å²) in [5, 5.41) is 17.0. The molecule has 1 aliphatic heterocycles. The van der Waals surface area contributed by atoms with E-state index in [0.717, 1.165) is 11.3 Å². The van der Waals surface area contributed by atoms with Gasteiger partial charge in [0.15, 0.2) is 9.84 Å². The fourth-order valence-electron chi connectivity index (χ4n) is 5.89. The average molecular weight is 598 g/mol. The van der Waals surface area contributed by atoms with Gasteiger partial charge in [0, 0.05) is 49.3 Å². The predicted octanol–water partition coefficient (Wildman–Crippen LogP) is 4.60. The second-order valence-electron chi connectivity index (χ2n) is 11.5. The van der Waals surface area contributed by atoms with Gasteiger partial charge >= 0.3 is 0 Å². The van der Waals surface area contributed by atoms with Gasteiger partial charge in [-0.05, 0) is 61.2 Å². The van der Waals surface area contributed by atoms with Crippen LogP contribution < -0.4 is 10.2 Å². The molecule has 3 fully saturated rings. The molecule has 0 bridgehead atoms. The number of benzene rings is 2. The van der Waals surface area contributed by atoms with Crippen LogP contribution in [0, 0.1) is 23.1 Å². The van der Waals surface area contributed by atoms with E-state index in [4.69, 9.17) is 5.10 Å². The van der Waals surface area contributed by atoms with Crippen LogP contribution in [0.2, 0.25) is 0 Å². The number of carbonyl (C=O) groups excluding carboxylic acids is 1. The molecule has 1 N–H and O–H groups in total. The van der Waals surface area contributed by atoms with Crippen molar-refractivity contribution in [2.24, 2.45) is 5.92 Å². The Kier molecular flexibility index (Phi) is 7.04. The molecular weight excluding hydrogens is 567 g/mol. The average Bonchev–Trinajstić information content (AvgIpc) is 3.60. The lowest BCUT2D eigenvalue weighted by molar-refractivity contribution is -0.134. The lowest BCUT2D eigenvalue weighted by atomic mass is 9.74. The summed E-state index contributed by atoms with van der Waals surface area (Å²) in [4.78, 5) is 15.4. The summed E-state index contributed by atoms with van der Waals surface area (Å²) < 4.78 is 68.3. The summed E-state index contributed by atoms with van der Waals surface area (Å²) >= 11 is 0. The van der Waals surface area contributed by atoms with Crippen molar-refractivity contribution in [1.29, 1.82) is 5.26 Å². The van der Waals surface area contributed by atoms with Gasteiger partial charge in [0.1, 0.15) is 11.4 Å². The highest BCUT2D eigenvalue weighted by molar-refractivity contribution is 7.91. The van der Waals surface area contributed by atoms with Crippen LogP contribution in [0.3, 0.4) is 0 Å². The van der Waals surface area contributed by atoms with Crippen LogP contribution in [-0.2, 0) is 14.6 Å². The summed E-state index contributed by atoms with van der Waals surface area (Å²) in [6.07, 6.45) is 1.71. The van der Waals surface area contributed by atoms with E-state index in [2.05, 4.69) is 11.4 Å². The van der Waals surface area contributed by atoms with E-state index < -0.39 is 57.7 Å². The smallest absolute Gasteiger partial charge is 0.249 e. The Hall–Kier alpha value is -3.85. The number of halogens is 3. The van der Waals surface area contributed by atoms with Gasteiger partial charge in [0.2, 0.25) is 11.8 Å². The van der Waals surface area contributed by atoms with E-state index in [0.29, 0.717) is 42.9 Å². The minimum atomic E-state index is -3.03. The van der Waals surface area contributed by atoms with Gasteiger partial charge in [-0.1, -0.05) is 12.1 Å². The summed E-state index contributed by atoms with van der Waals surface area (Å²) in [6, 6.07) is 15.3. The van der Waals surface area contributed by atoms with Gasteiger partial charge in [0.25, 0.3) is 0 Å². The maximum atomic E-state index is 14.7. The Morgan fingerprint density at radius 3 is 2.26 bits per heavy atom. The molecule has 2 atom stereocenters. The largest absolute Gasteiger partial charge is 0.369 e. The number of amides is 1. The van der Waals surface area contributed by atoms with Crippen molar-refractivity contribution in [3.8, 4) is 22.9 Å². The zero-order valence-corrected chi connectivity index (χ0v) is 23.6. The fraction of sp³-hybridized carbons (Fsp3) is 0.433. The Bertz CT molecular complexity index is 1630. The van der Waals surface area contributed by atoms with E-state index in [-0.39, 0.29) is 17.9 Å². The van der Waals surface area contributed by atoms with Crippen LogP contribution in [0.25, 0.3) is 16.8 Å². The third-order valence-corrected chi connectivity index (χ3v) is 10.2. The first-order valence-corrected chi connectivity index (χ1v) is 15.8. The molecule has 8 nitrogen and oxygen atoms in total. The normalized spacial score (nSPS) is 24.0. The molecule has 220 valence electrons. The summed E-state index contributed by atoms with van der Waals surface area (Å²) in [6.45, 7) is 0.791. The maximum Gasteiger partial charge on any atom is 0.249 e. The monoisotopic (exact) mass is 597 g/mol. The van der Waals surface area contributed by atoms with Crippen molar-refractivity contribution < 1.29 is 26.4 Å². The number of hydrogen-bond donors (Lipinski definition) is 1. The van der Waals surface area contributed by atoms with Crippen LogP contribution in [0.15, 0.2) is 54.7 Å². The number of rotatable bonds is 6. The van der Waals surface area contributed by atoms with E-state index in [9.17, 15) is 31.6 Å². The molecule has 12 heteroatoms. The number of carbonyl (C=O) groups is 1. The van der Waals surface area contributed by atoms with Crippen LogP contribution in [0.4, 0.5) is 18.9 Å². The van der Waals surface area contributed by atoms with Gasteiger partial charge in [-0.25, -0.2) is 26.3 Å². The minimum Gasteiger partial charge on any atom is -0.369 e. The first-order chi connectivity index (χ1) is 20.0. The molecule has 1 saturated heterocycles. The molecule has 2 aliphatic carbocycles. The summed E-state index contributed by atoms with van der Waals surface area (Å²) in [5.74, 6) is -5.56. The SMILES string of the molecule is N#CC1(NC(=O)[C@H]2CC(F)(F)CC[C@@H]2c2nn(-c3ccc(F)cc3)cc2-c2ccc(N3CCS(=O)(=O)CC3)cc2)CC1. The van der Waals surface area contributed by atoms with Crippen LogP contribution in [0.5, 0.6) is 0 Å². The summed E-state index contributed by atoms with van der Waals surface area (Å²) in [5.41, 5.74) is 2.32. The first-order valence-electron chi connectivity index (χ1n) is 14.0. The summed E-state index contributed by atoms with van der Waals surface area (Å²) in [7, 11) is -3.03. The lowest BCUT2D eigenvalue weighted by Crippen LogP contribution is -2.45. The van der Waals surface area contributed by atoms with Crippen LogP contribution in [-0.4, -0.2) is 60.2 Å². The first kappa shape index (κ1) is 28.3. The number of nitrogens with one attached hydrogen (secondary N) is 1. The standard InChI is InChI=1S/C30H30F3N5O3S/c31-21-3-7-23(8-4-21)38-18-26(20-1-5-22(6-2-20)37-13-15-42(40,41)16-14-37)27(36-38)24-9-10-30(32,33)17-25(24)28(39)35-29(19-34)11-12-29/h1-8,18,24-25H,9-17H2,(H,35,39)/t24-,25-/m0/s1. The Morgan fingerprint density at radius 2 is 1.64 bits per heavy atom. The highest BCUT2D eigenvalue weighted by Crippen LogP contribution is 2.48. The Balaban J connectivity index is 1.37. The maximum absolute atomic E-state index is 14.7. The number of sulfone groups is 1. The van der Waals surface area contributed by atoms with Gasteiger partial charge in [-0.15, -0.1) is 0 Å². The van der Waals surface area contributed by atoms with E-state index in [1.807, 2.05) is 29.2 Å². The molecule has 42 heavy (non-hydrogen) atoms. The number of alkyl halides is 2. The molecule has 1 amide bonds. The number of anilines is 1. The molecule has 1 aromatic heterocycles. The van der Waals surface area contributed by atoms with Crippen molar-refractivity contribution in [3.63, 3.8) is 0 Å². The highest BCUT2D eigenvalue weighted by atomic mass is 32.2. The molecule has 3 aliphatic rings. The second kappa shape index (κ2) is 10.5. The zero-order valence-electron chi connectivity index (χ0n) is 22.8. The minimum absolute atomic E-state index is 0.0262. The van der Waals surface area contributed by atoms with E-state index in [1.54, 1.807) is 23.0 Å². The molecule has 0 spiro atoms. The molecule has 0 unspecified atom stereocenters. The molecule has 0 radical (unpaired) electrons. The van der Waals surface area contributed by atoms with Gasteiger partial charge < -0.3 is 10.2 Å². The number of hydrogen-bond acceptors (Lipinski definition) is 6. The lowest BCUT2D eigenvalue weighted by Gasteiger charge is -2.35. The van der Waals surface area contributed by atoms with Crippen LogP contribution >= 0.6 is 0 Å². The molecule has 6 rings (SSSR count). The quantitative estimate of drug-likeness (QED) is 0.445. The number of nitrogens with zero attached hydrogens (tertiary/aromatic N) is 4. The molecule has 2 heterocycles.